The molecule has 7 nitrogen and oxygen atoms in total. The fourth-order valence-electron chi connectivity index (χ4n) is 3.21. The highest BCUT2D eigenvalue weighted by atomic mass is 32.2. The van der Waals surface area contributed by atoms with E-state index in [1.165, 1.54) is 24.3 Å². The predicted molar refractivity (Wildman–Crippen MR) is 108 cm³/mol. The van der Waals surface area contributed by atoms with Crippen molar-refractivity contribution in [3.63, 3.8) is 0 Å². The van der Waals surface area contributed by atoms with Gasteiger partial charge in [-0.2, -0.15) is 0 Å². The summed E-state index contributed by atoms with van der Waals surface area (Å²) in [5.74, 6) is -0.924. The molecular formula is C20H21F4N3O4S. The molecule has 2 aromatic carbocycles. The molecule has 0 spiro atoms. The van der Waals surface area contributed by atoms with Gasteiger partial charge in [0.1, 0.15) is 11.6 Å². The van der Waals surface area contributed by atoms with Crippen LogP contribution < -0.4 is 14.8 Å². The highest BCUT2D eigenvalue weighted by molar-refractivity contribution is 7.89. The topological polar surface area (TPSA) is 87.7 Å². The molecule has 0 aliphatic carbocycles. The summed E-state index contributed by atoms with van der Waals surface area (Å²) in [6.45, 7) is 0.975. The number of carbonyl (C=O) groups is 1. The second-order valence-electron chi connectivity index (χ2n) is 7.24. The van der Waals surface area contributed by atoms with E-state index in [-0.39, 0.29) is 23.4 Å². The lowest BCUT2D eigenvalue weighted by atomic mass is 9.97. The van der Waals surface area contributed by atoms with Gasteiger partial charge in [-0.15, -0.1) is 13.2 Å². The van der Waals surface area contributed by atoms with E-state index in [1.807, 2.05) is 0 Å². The van der Waals surface area contributed by atoms with Crippen LogP contribution >= 0.6 is 0 Å². The molecule has 2 aromatic rings. The number of rotatable bonds is 6. The number of amides is 2. The van der Waals surface area contributed by atoms with Gasteiger partial charge in [0.15, 0.2) is 0 Å². The molecule has 3 rings (SSSR count). The van der Waals surface area contributed by atoms with Crippen molar-refractivity contribution in [2.45, 2.75) is 24.1 Å². The average Bonchev–Trinajstić information content (AvgIpc) is 2.73. The van der Waals surface area contributed by atoms with Gasteiger partial charge in [-0.3, -0.25) is 0 Å². The standard InChI is InChI=1S/C20H21F4N3O4S/c21-15-1-3-16(4-2-15)26-19(28)27-11-9-14(10-12-27)13-25-32(29,30)18-7-5-17(6-8-18)31-20(22,23)24/h1-8,14,25H,9-13H2,(H,26,28). The Balaban J connectivity index is 1.46. The van der Waals surface area contributed by atoms with Gasteiger partial charge in [0.25, 0.3) is 0 Å². The second-order valence-corrected chi connectivity index (χ2v) is 9.01. The minimum absolute atomic E-state index is 0.00696. The number of sulfonamides is 1. The van der Waals surface area contributed by atoms with Crippen molar-refractivity contribution >= 4 is 21.7 Å². The quantitative estimate of drug-likeness (QED) is 0.620. The van der Waals surface area contributed by atoms with Crippen LogP contribution in [0.15, 0.2) is 53.4 Å². The molecule has 1 heterocycles. The molecule has 0 atom stereocenters. The number of anilines is 1. The maximum atomic E-state index is 12.9. The summed E-state index contributed by atoms with van der Waals surface area (Å²) < 4.78 is 80.5. The Kier molecular flexibility index (Phi) is 7.24. The van der Waals surface area contributed by atoms with Gasteiger partial charge in [-0.1, -0.05) is 0 Å². The molecule has 0 aromatic heterocycles. The molecule has 1 fully saturated rings. The first-order valence-corrected chi connectivity index (χ1v) is 11.2. The highest BCUT2D eigenvalue weighted by Crippen LogP contribution is 2.24. The molecule has 0 radical (unpaired) electrons. The summed E-state index contributed by atoms with van der Waals surface area (Å²) in [6.07, 6.45) is -3.72. The van der Waals surface area contributed by atoms with Gasteiger partial charge in [-0.05, 0) is 67.3 Å². The molecule has 0 saturated carbocycles. The number of hydrogen-bond donors (Lipinski definition) is 2. The summed E-state index contributed by atoms with van der Waals surface area (Å²) in [5.41, 5.74) is 0.470. The van der Waals surface area contributed by atoms with Crippen molar-refractivity contribution in [1.82, 2.24) is 9.62 Å². The zero-order valence-corrected chi connectivity index (χ0v) is 17.5. The predicted octanol–water partition coefficient (Wildman–Crippen LogP) is 3.95. The SMILES string of the molecule is O=C(Nc1ccc(F)cc1)N1CCC(CNS(=O)(=O)c2ccc(OC(F)(F)F)cc2)CC1. The first-order valence-electron chi connectivity index (χ1n) is 9.69. The Labute approximate surface area is 182 Å². The summed E-state index contributed by atoms with van der Waals surface area (Å²) in [6, 6.07) is 9.00. The van der Waals surface area contributed by atoms with E-state index in [1.54, 1.807) is 4.90 Å². The lowest BCUT2D eigenvalue weighted by Gasteiger charge is -2.32. The Morgan fingerprint density at radius 3 is 2.19 bits per heavy atom. The first-order chi connectivity index (χ1) is 15.0. The van der Waals surface area contributed by atoms with Crippen LogP contribution in [0.3, 0.4) is 0 Å². The van der Waals surface area contributed by atoms with Crippen molar-refractivity contribution in [3.05, 3.63) is 54.3 Å². The number of carbonyl (C=O) groups excluding carboxylic acids is 1. The monoisotopic (exact) mass is 475 g/mol. The molecular weight excluding hydrogens is 454 g/mol. The molecule has 1 saturated heterocycles. The van der Waals surface area contributed by atoms with Gasteiger partial charge in [-0.25, -0.2) is 22.3 Å². The zero-order chi connectivity index (χ0) is 23.4. The third-order valence-corrected chi connectivity index (χ3v) is 6.37. The lowest BCUT2D eigenvalue weighted by molar-refractivity contribution is -0.274. The molecule has 0 unspecified atom stereocenters. The minimum Gasteiger partial charge on any atom is -0.406 e. The van der Waals surface area contributed by atoms with Crippen LogP contribution in [-0.4, -0.2) is 45.3 Å². The third-order valence-electron chi connectivity index (χ3n) is 4.93. The number of hydrogen-bond acceptors (Lipinski definition) is 4. The van der Waals surface area contributed by atoms with Crippen molar-refractivity contribution in [1.29, 1.82) is 0 Å². The van der Waals surface area contributed by atoms with Crippen LogP contribution in [0.4, 0.5) is 28.0 Å². The van der Waals surface area contributed by atoms with E-state index in [0.717, 1.165) is 24.3 Å². The fraction of sp³-hybridized carbons (Fsp3) is 0.350. The Morgan fingerprint density at radius 2 is 1.62 bits per heavy atom. The summed E-state index contributed by atoms with van der Waals surface area (Å²) in [4.78, 5) is 13.7. The van der Waals surface area contributed by atoms with Gasteiger partial charge in [0.05, 0.1) is 4.90 Å². The van der Waals surface area contributed by atoms with Crippen molar-refractivity contribution in [3.8, 4) is 5.75 Å². The van der Waals surface area contributed by atoms with Crippen LogP contribution in [0.25, 0.3) is 0 Å². The van der Waals surface area contributed by atoms with E-state index >= 15 is 0 Å². The van der Waals surface area contributed by atoms with Gasteiger partial charge < -0.3 is 15.0 Å². The van der Waals surface area contributed by atoms with Crippen LogP contribution in [0.2, 0.25) is 0 Å². The highest BCUT2D eigenvalue weighted by Gasteiger charge is 2.31. The smallest absolute Gasteiger partial charge is 0.406 e. The van der Waals surface area contributed by atoms with Crippen molar-refractivity contribution in [2.75, 3.05) is 25.0 Å². The maximum absolute atomic E-state index is 12.9. The third kappa shape index (κ3) is 6.82. The number of nitrogens with one attached hydrogen (secondary N) is 2. The van der Waals surface area contributed by atoms with Gasteiger partial charge in [0, 0.05) is 25.3 Å². The summed E-state index contributed by atoms with van der Waals surface area (Å²) in [7, 11) is -3.90. The van der Waals surface area contributed by atoms with Crippen LogP contribution in [0.5, 0.6) is 5.75 Å². The van der Waals surface area contributed by atoms with Crippen LogP contribution in [0, 0.1) is 11.7 Å². The molecule has 12 heteroatoms. The number of halogens is 4. The number of nitrogens with zero attached hydrogens (tertiary/aromatic N) is 1. The number of alkyl halides is 3. The van der Waals surface area contributed by atoms with E-state index in [2.05, 4.69) is 14.8 Å². The Bertz CT molecular complexity index is 1020. The number of piperidine rings is 1. The Hall–Kier alpha value is -2.86. The molecule has 1 aliphatic rings. The number of urea groups is 1. The van der Waals surface area contributed by atoms with Crippen LogP contribution in [-0.2, 0) is 10.0 Å². The molecule has 32 heavy (non-hydrogen) atoms. The normalized spacial score (nSPS) is 15.4. The van der Waals surface area contributed by atoms with E-state index in [0.29, 0.717) is 31.6 Å². The van der Waals surface area contributed by atoms with Crippen molar-refractivity contribution in [2.24, 2.45) is 5.92 Å². The van der Waals surface area contributed by atoms with E-state index in [4.69, 9.17) is 0 Å². The zero-order valence-electron chi connectivity index (χ0n) is 16.7. The second kappa shape index (κ2) is 9.74. The van der Waals surface area contributed by atoms with Gasteiger partial charge >= 0.3 is 12.4 Å². The molecule has 2 N–H and O–H groups in total. The fourth-order valence-corrected chi connectivity index (χ4v) is 4.32. The lowest BCUT2D eigenvalue weighted by Crippen LogP contribution is -2.43. The summed E-state index contributed by atoms with van der Waals surface area (Å²) >= 11 is 0. The van der Waals surface area contributed by atoms with Crippen LogP contribution in [0.1, 0.15) is 12.8 Å². The molecule has 2 amide bonds. The summed E-state index contributed by atoms with van der Waals surface area (Å²) in [5, 5.41) is 2.68. The Morgan fingerprint density at radius 1 is 1.03 bits per heavy atom. The average molecular weight is 475 g/mol. The molecule has 0 bridgehead atoms. The molecule has 1 aliphatic heterocycles. The molecule has 174 valence electrons. The largest absolute Gasteiger partial charge is 0.573 e. The van der Waals surface area contributed by atoms with Gasteiger partial charge in [0.2, 0.25) is 10.0 Å². The first kappa shape index (κ1) is 23.8. The minimum atomic E-state index is -4.86. The maximum Gasteiger partial charge on any atom is 0.573 e. The van der Waals surface area contributed by atoms with E-state index < -0.39 is 28.0 Å². The number of likely N-dealkylation sites (tertiary alicyclic amines) is 1. The van der Waals surface area contributed by atoms with E-state index in [9.17, 15) is 30.8 Å². The number of benzene rings is 2. The van der Waals surface area contributed by atoms with Crippen molar-refractivity contribution < 1.29 is 35.5 Å². The number of ether oxygens (including phenoxy) is 1.